The highest BCUT2D eigenvalue weighted by atomic mass is 79.9. The van der Waals surface area contributed by atoms with E-state index in [1.807, 2.05) is 0 Å². The molecule has 0 saturated carbocycles. The number of rotatable bonds is 7. The second-order valence-electron chi connectivity index (χ2n) is 7.33. The lowest BCUT2D eigenvalue weighted by atomic mass is 9.97. The van der Waals surface area contributed by atoms with Crippen LogP contribution in [0.5, 0.6) is 0 Å². The van der Waals surface area contributed by atoms with Gasteiger partial charge in [-0.2, -0.15) is 0 Å². The molecule has 4 N–H and O–H groups in total. The van der Waals surface area contributed by atoms with Crippen molar-refractivity contribution in [2.24, 2.45) is 0 Å². The SMILES string of the molecule is CC(=O)OC[C@H]1OC[C@H](OC(C)=O)[C@@H](OC(C)=O)[C@@H]1O[C@@]1(Br)O[C@H](CO)[C@@H](O)[C@H](O)[C@H]1O. The Morgan fingerprint density at radius 2 is 1.59 bits per heavy atom. The zero-order valence-corrected chi connectivity index (χ0v) is 19.2. The lowest BCUT2D eigenvalue weighted by Crippen LogP contribution is -2.67. The van der Waals surface area contributed by atoms with Gasteiger partial charge in [0.25, 0.3) is 4.70 Å². The molecule has 13 nitrogen and oxygen atoms in total. The predicted molar refractivity (Wildman–Crippen MR) is 104 cm³/mol. The maximum Gasteiger partial charge on any atom is 0.303 e. The van der Waals surface area contributed by atoms with E-state index in [9.17, 15) is 34.8 Å². The summed E-state index contributed by atoms with van der Waals surface area (Å²) < 4.78 is 30.1. The number of hydrogen-bond acceptors (Lipinski definition) is 13. The topological polar surface area (TPSA) is 188 Å². The Labute approximate surface area is 191 Å². The van der Waals surface area contributed by atoms with Crippen molar-refractivity contribution in [1.82, 2.24) is 0 Å². The molecule has 0 spiro atoms. The Morgan fingerprint density at radius 1 is 0.969 bits per heavy atom. The van der Waals surface area contributed by atoms with E-state index in [4.69, 9.17) is 28.4 Å². The van der Waals surface area contributed by atoms with Gasteiger partial charge in [0.05, 0.1) is 13.2 Å². The first-order chi connectivity index (χ1) is 14.9. The summed E-state index contributed by atoms with van der Waals surface area (Å²) in [6, 6.07) is 0. The fraction of sp³-hybridized carbons (Fsp3) is 0.833. The quantitative estimate of drug-likeness (QED) is 0.156. The Balaban J connectivity index is 2.39. The van der Waals surface area contributed by atoms with Crippen molar-refractivity contribution in [2.45, 2.75) is 74.3 Å². The fourth-order valence-corrected chi connectivity index (χ4v) is 4.08. The van der Waals surface area contributed by atoms with Gasteiger partial charge >= 0.3 is 17.9 Å². The first kappa shape index (κ1) is 26.9. The second kappa shape index (κ2) is 11.2. The Bertz CT molecular complexity index is 688. The molecule has 2 heterocycles. The van der Waals surface area contributed by atoms with E-state index in [2.05, 4.69) is 15.9 Å². The summed E-state index contributed by atoms with van der Waals surface area (Å²) in [5.41, 5.74) is 0. The van der Waals surface area contributed by atoms with E-state index < -0.39 is 78.0 Å². The molecule has 0 amide bonds. The largest absolute Gasteiger partial charge is 0.463 e. The molecule has 184 valence electrons. The molecule has 0 radical (unpaired) electrons. The summed E-state index contributed by atoms with van der Waals surface area (Å²) >= 11 is 3.03. The summed E-state index contributed by atoms with van der Waals surface area (Å²) in [5.74, 6) is -2.10. The van der Waals surface area contributed by atoms with Gasteiger partial charge in [0.2, 0.25) is 0 Å². The molecule has 0 unspecified atom stereocenters. The van der Waals surface area contributed by atoms with E-state index in [0.29, 0.717) is 0 Å². The van der Waals surface area contributed by atoms with Crippen LogP contribution >= 0.6 is 15.9 Å². The number of halogens is 1. The average Bonchev–Trinajstić information content (AvgIpc) is 2.70. The smallest absolute Gasteiger partial charge is 0.303 e. The minimum atomic E-state index is -2.22. The van der Waals surface area contributed by atoms with Crippen molar-refractivity contribution in [3.05, 3.63) is 0 Å². The highest BCUT2D eigenvalue weighted by Gasteiger charge is 2.57. The number of alkyl halides is 1. The minimum Gasteiger partial charge on any atom is -0.463 e. The van der Waals surface area contributed by atoms with Gasteiger partial charge < -0.3 is 48.8 Å². The molecule has 0 aliphatic carbocycles. The first-order valence-corrected chi connectivity index (χ1v) is 10.5. The molecule has 0 bridgehead atoms. The van der Waals surface area contributed by atoms with Gasteiger partial charge in [0.1, 0.15) is 43.2 Å². The molecule has 2 aliphatic rings. The first-order valence-electron chi connectivity index (χ1n) is 9.68. The van der Waals surface area contributed by atoms with Crippen molar-refractivity contribution in [2.75, 3.05) is 19.8 Å². The normalized spacial score (nSPS) is 39.8. The summed E-state index contributed by atoms with van der Waals surface area (Å²) in [5, 5.41) is 40.1. The van der Waals surface area contributed by atoms with Gasteiger partial charge in [-0.1, -0.05) is 0 Å². The van der Waals surface area contributed by atoms with E-state index >= 15 is 0 Å². The van der Waals surface area contributed by atoms with Crippen molar-refractivity contribution in [3.63, 3.8) is 0 Å². The van der Waals surface area contributed by atoms with E-state index in [0.717, 1.165) is 20.8 Å². The lowest BCUT2D eigenvalue weighted by molar-refractivity contribution is -0.351. The van der Waals surface area contributed by atoms with Gasteiger partial charge in [-0.15, -0.1) is 0 Å². The Kier molecular flexibility index (Phi) is 9.36. The molecular weight excluding hydrogens is 504 g/mol. The number of esters is 3. The molecule has 0 aromatic heterocycles. The van der Waals surface area contributed by atoms with Gasteiger partial charge in [0.15, 0.2) is 12.2 Å². The molecule has 0 aromatic rings. The van der Waals surface area contributed by atoms with Gasteiger partial charge in [-0.05, 0) is 15.9 Å². The van der Waals surface area contributed by atoms with Crippen LogP contribution in [-0.4, -0.2) is 112 Å². The molecule has 2 aliphatic heterocycles. The van der Waals surface area contributed by atoms with Crippen LogP contribution in [0.4, 0.5) is 0 Å². The summed E-state index contributed by atoms with van der Waals surface area (Å²) in [6.45, 7) is 2.07. The van der Waals surface area contributed by atoms with Crippen LogP contribution < -0.4 is 0 Å². The molecular formula is C18H27BrO13. The van der Waals surface area contributed by atoms with Crippen molar-refractivity contribution < 1.29 is 63.2 Å². The van der Waals surface area contributed by atoms with Crippen molar-refractivity contribution in [1.29, 1.82) is 0 Å². The van der Waals surface area contributed by atoms with Crippen LogP contribution in [0.25, 0.3) is 0 Å². The highest BCUT2D eigenvalue weighted by molar-refractivity contribution is 9.10. The van der Waals surface area contributed by atoms with E-state index in [1.165, 1.54) is 0 Å². The van der Waals surface area contributed by atoms with Gasteiger partial charge in [-0.25, -0.2) is 0 Å². The molecule has 9 atom stereocenters. The molecule has 32 heavy (non-hydrogen) atoms. The monoisotopic (exact) mass is 530 g/mol. The standard InChI is InChI=1S/C18H27BrO13/c1-7(21)27-5-11-16(15(30-9(3)23)12(6-28-11)29-8(2)22)32-18(19)17(26)14(25)13(24)10(4-20)31-18/h10-17,20,24-26H,4-6H2,1-3H3/t10-,11-,12+,13-,14+,15-,16-,17-,18+/m1/s1. The van der Waals surface area contributed by atoms with Crippen LogP contribution in [0, 0.1) is 0 Å². The third-order valence-corrected chi connectivity index (χ3v) is 5.64. The molecule has 0 aromatic carbocycles. The maximum absolute atomic E-state index is 11.7. The molecule has 14 heteroatoms. The number of aliphatic hydroxyl groups excluding tert-OH is 4. The zero-order chi connectivity index (χ0) is 24.2. The number of carbonyl (C=O) groups is 3. The van der Waals surface area contributed by atoms with Crippen LogP contribution in [0.15, 0.2) is 0 Å². The lowest BCUT2D eigenvalue weighted by Gasteiger charge is -2.49. The summed E-state index contributed by atoms with van der Waals surface area (Å²) in [6.07, 6.45) is -11.6. The molecule has 2 fully saturated rings. The third kappa shape index (κ3) is 6.35. The maximum atomic E-state index is 11.7. The summed E-state index contributed by atoms with van der Waals surface area (Å²) in [4.78, 5) is 34.6. The minimum absolute atomic E-state index is 0.234. The Morgan fingerprint density at radius 3 is 2.12 bits per heavy atom. The van der Waals surface area contributed by atoms with E-state index in [1.54, 1.807) is 0 Å². The van der Waals surface area contributed by atoms with E-state index in [-0.39, 0.29) is 13.2 Å². The van der Waals surface area contributed by atoms with Gasteiger partial charge in [-0.3, -0.25) is 14.4 Å². The number of ether oxygens (including phenoxy) is 6. The molecule has 2 rings (SSSR count). The number of aliphatic hydroxyl groups is 4. The predicted octanol–water partition coefficient (Wildman–Crippen LogP) is -2.28. The van der Waals surface area contributed by atoms with Crippen LogP contribution in [-0.2, 0) is 42.8 Å². The second-order valence-corrected chi connectivity index (χ2v) is 8.43. The third-order valence-electron chi connectivity index (χ3n) is 4.80. The summed E-state index contributed by atoms with van der Waals surface area (Å²) in [7, 11) is 0. The van der Waals surface area contributed by atoms with Gasteiger partial charge in [0, 0.05) is 20.8 Å². The van der Waals surface area contributed by atoms with Crippen molar-refractivity contribution >= 4 is 33.8 Å². The fourth-order valence-electron chi connectivity index (χ4n) is 3.35. The van der Waals surface area contributed by atoms with Crippen LogP contribution in [0.3, 0.4) is 0 Å². The number of carbonyl (C=O) groups excluding carboxylic acids is 3. The van der Waals surface area contributed by atoms with Crippen LogP contribution in [0.1, 0.15) is 20.8 Å². The Hall–Kier alpha value is -1.39. The van der Waals surface area contributed by atoms with Crippen molar-refractivity contribution in [3.8, 4) is 0 Å². The number of hydrogen-bond donors (Lipinski definition) is 4. The zero-order valence-electron chi connectivity index (χ0n) is 17.6. The molecule has 2 saturated heterocycles. The highest BCUT2D eigenvalue weighted by Crippen LogP contribution is 2.40. The average molecular weight is 531 g/mol. The van der Waals surface area contributed by atoms with Crippen LogP contribution in [0.2, 0.25) is 0 Å².